The second kappa shape index (κ2) is 5.72. The zero-order valence-electron chi connectivity index (χ0n) is 14.1. The van der Waals surface area contributed by atoms with E-state index in [1.807, 2.05) is 6.07 Å². The molecule has 0 amide bonds. The van der Waals surface area contributed by atoms with Crippen molar-refractivity contribution in [3.8, 4) is 0 Å². The molecular weight excluding hydrogens is 355 g/mol. The Labute approximate surface area is 151 Å². The summed E-state index contributed by atoms with van der Waals surface area (Å²) in [5, 5.41) is 0. The van der Waals surface area contributed by atoms with E-state index < -0.39 is 15.8 Å². The van der Waals surface area contributed by atoms with Gasteiger partial charge in [-0.3, -0.25) is 0 Å². The SMILES string of the molecule is O=S(=O)(c1ccc(F)cc1)N1C2CC1CN(c1cc(C3CC3)ncn1)C2. The van der Waals surface area contributed by atoms with E-state index in [9.17, 15) is 12.8 Å². The van der Waals surface area contributed by atoms with E-state index in [4.69, 9.17) is 0 Å². The van der Waals surface area contributed by atoms with Crippen molar-refractivity contribution < 1.29 is 12.8 Å². The molecular formula is C18H19FN4O2S. The lowest BCUT2D eigenvalue weighted by Gasteiger charge is -2.55. The second-order valence-electron chi connectivity index (χ2n) is 7.31. The van der Waals surface area contributed by atoms with Gasteiger partial charge in [0.1, 0.15) is 18.0 Å². The first-order valence-electron chi connectivity index (χ1n) is 8.88. The molecule has 6 rings (SSSR count). The van der Waals surface area contributed by atoms with Crippen LogP contribution in [0.1, 0.15) is 30.9 Å². The Morgan fingerprint density at radius 3 is 2.38 bits per heavy atom. The highest BCUT2D eigenvalue weighted by atomic mass is 32.2. The fourth-order valence-electron chi connectivity index (χ4n) is 4.02. The smallest absolute Gasteiger partial charge is 0.243 e. The van der Waals surface area contributed by atoms with Gasteiger partial charge in [0.2, 0.25) is 10.0 Å². The maximum atomic E-state index is 13.1. The summed E-state index contributed by atoms with van der Waals surface area (Å²) in [5.74, 6) is 1.01. The van der Waals surface area contributed by atoms with E-state index in [-0.39, 0.29) is 17.0 Å². The molecule has 0 N–H and O–H groups in total. The van der Waals surface area contributed by atoms with Crippen LogP contribution in [-0.4, -0.2) is 47.9 Å². The molecule has 1 aromatic heterocycles. The average molecular weight is 374 g/mol. The summed E-state index contributed by atoms with van der Waals surface area (Å²) in [4.78, 5) is 11.0. The van der Waals surface area contributed by atoms with Crippen LogP contribution in [0.25, 0.3) is 0 Å². The Morgan fingerprint density at radius 1 is 1.04 bits per heavy atom. The third-order valence-corrected chi connectivity index (χ3v) is 7.53. The molecule has 3 saturated heterocycles. The van der Waals surface area contributed by atoms with E-state index in [0.717, 1.165) is 17.9 Å². The molecule has 136 valence electrons. The van der Waals surface area contributed by atoms with Gasteiger partial charge < -0.3 is 4.90 Å². The highest BCUT2D eigenvalue weighted by Crippen LogP contribution is 2.41. The fourth-order valence-corrected chi connectivity index (χ4v) is 5.83. The number of anilines is 1. The maximum Gasteiger partial charge on any atom is 0.243 e. The fraction of sp³-hybridized carbons (Fsp3) is 0.444. The number of hydrogen-bond donors (Lipinski definition) is 0. The van der Waals surface area contributed by atoms with Crippen LogP contribution in [0.3, 0.4) is 0 Å². The van der Waals surface area contributed by atoms with Crippen LogP contribution in [-0.2, 0) is 10.0 Å². The first kappa shape index (κ1) is 16.1. The lowest BCUT2D eigenvalue weighted by atomic mass is 9.91. The number of rotatable bonds is 4. The highest BCUT2D eigenvalue weighted by Gasteiger charge is 2.51. The number of hydrogen-bond acceptors (Lipinski definition) is 5. The molecule has 2 atom stereocenters. The van der Waals surface area contributed by atoms with Crippen LogP contribution in [0.2, 0.25) is 0 Å². The zero-order chi connectivity index (χ0) is 17.9. The summed E-state index contributed by atoms with van der Waals surface area (Å²) in [6.45, 7) is 1.25. The van der Waals surface area contributed by atoms with Crippen LogP contribution < -0.4 is 4.90 Å². The van der Waals surface area contributed by atoms with Crippen molar-refractivity contribution in [2.75, 3.05) is 18.0 Å². The van der Waals surface area contributed by atoms with Gasteiger partial charge in [0.15, 0.2) is 0 Å². The van der Waals surface area contributed by atoms with Gasteiger partial charge in [0.05, 0.1) is 4.90 Å². The number of piperidine rings is 1. The van der Waals surface area contributed by atoms with Crippen molar-refractivity contribution in [2.24, 2.45) is 0 Å². The molecule has 3 aliphatic heterocycles. The van der Waals surface area contributed by atoms with Gasteiger partial charge in [-0.15, -0.1) is 0 Å². The van der Waals surface area contributed by atoms with Crippen LogP contribution in [0.4, 0.5) is 10.2 Å². The van der Waals surface area contributed by atoms with Crippen molar-refractivity contribution in [3.63, 3.8) is 0 Å². The van der Waals surface area contributed by atoms with Crippen LogP contribution in [0.15, 0.2) is 41.6 Å². The lowest BCUT2D eigenvalue weighted by molar-refractivity contribution is 0.0874. The number of fused-ring (bicyclic) bond motifs is 2. The van der Waals surface area contributed by atoms with E-state index >= 15 is 0 Å². The monoisotopic (exact) mass is 374 g/mol. The van der Waals surface area contributed by atoms with Crippen molar-refractivity contribution in [2.45, 2.75) is 42.2 Å². The largest absolute Gasteiger partial charge is 0.353 e. The molecule has 1 aliphatic carbocycles. The summed E-state index contributed by atoms with van der Waals surface area (Å²) in [7, 11) is -3.59. The topological polar surface area (TPSA) is 66.4 Å². The van der Waals surface area contributed by atoms with E-state index in [2.05, 4.69) is 14.9 Å². The molecule has 26 heavy (non-hydrogen) atoms. The van der Waals surface area contributed by atoms with E-state index in [1.165, 1.54) is 37.1 Å². The number of piperazine rings is 1. The van der Waals surface area contributed by atoms with Crippen LogP contribution in [0.5, 0.6) is 0 Å². The lowest BCUT2D eigenvalue weighted by Crippen LogP contribution is -2.70. The minimum Gasteiger partial charge on any atom is -0.353 e. The predicted molar refractivity (Wildman–Crippen MR) is 93.8 cm³/mol. The Hall–Kier alpha value is -2.06. The van der Waals surface area contributed by atoms with Crippen molar-refractivity contribution >= 4 is 15.8 Å². The van der Waals surface area contributed by atoms with Crippen molar-refractivity contribution in [1.82, 2.24) is 14.3 Å². The normalized spacial score (nSPS) is 25.8. The zero-order valence-corrected chi connectivity index (χ0v) is 14.9. The van der Waals surface area contributed by atoms with Gasteiger partial charge in [-0.25, -0.2) is 22.8 Å². The molecule has 4 heterocycles. The van der Waals surface area contributed by atoms with Gasteiger partial charge in [0.25, 0.3) is 0 Å². The Balaban J connectivity index is 1.36. The highest BCUT2D eigenvalue weighted by molar-refractivity contribution is 7.89. The number of sulfonamides is 1. The summed E-state index contributed by atoms with van der Waals surface area (Å²) in [6, 6.07) is 6.96. The van der Waals surface area contributed by atoms with E-state index in [1.54, 1.807) is 10.6 Å². The van der Waals surface area contributed by atoms with Crippen LogP contribution in [0, 0.1) is 5.82 Å². The molecule has 2 aromatic rings. The molecule has 4 fully saturated rings. The first-order chi connectivity index (χ1) is 12.5. The Morgan fingerprint density at radius 2 is 1.73 bits per heavy atom. The molecule has 0 spiro atoms. The summed E-state index contributed by atoms with van der Waals surface area (Å²) < 4.78 is 40.5. The van der Waals surface area contributed by atoms with Crippen molar-refractivity contribution in [1.29, 1.82) is 0 Å². The standard InChI is InChI=1S/C18H19FN4O2S/c19-13-3-5-16(6-4-13)26(24,25)23-14-7-15(23)10-22(9-14)18-8-17(12-1-2-12)20-11-21-18/h3-6,8,11-12,14-15H,1-2,7,9-10H2. The first-order valence-corrected chi connectivity index (χ1v) is 10.3. The Kier molecular flexibility index (Phi) is 3.55. The molecule has 2 bridgehead atoms. The molecule has 1 aromatic carbocycles. The molecule has 1 saturated carbocycles. The number of aromatic nitrogens is 2. The quantitative estimate of drug-likeness (QED) is 0.820. The minimum atomic E-state index is -3.59. The number of benzene rings is 1. The minimum absolute atomic E-state index is 0.0665. The molecule has 2 unspecified atom stereocenters. The Bertz CT molecular complexity index is 934. The van der Waals surface area contributed by atoms with Gasteiger partial charge in [-0.1, -0.05) is 0 Å². The maximum absolute atomic E-state index is 13.1. The molecule has 8 heteroatoms. The van der Waals surface area contributed by atoms with Gasteiger partial charge in [-0.05, 0) is 43.5 Å². The summed E-state index contributed by atoms with van der Waals surface area (Å²) in [6.07, 6.45) is 4.84. The predicted octanol–water partition coefficient (Wildman–Crippen LogP) is 2.14. The second-order valence-corrected chi connectivity index (χ2v) is 9.16. The summed E-state index contributed by atoms with van der Waals surface area (Å²) >= 11 is 0. The average Bonchev–Trinajstić information content (AvgIpc) is 3.47. The van der Waals surface area contributed by atoms with Crippen molar-refractivity contribution in [3.05, 3.63) is 48.2 Å². The molecule has 6 nitrogen and oxygen atoms in total. The summed E-state index contributed by atoms with van der Waals surface area (Å²) in [5.41, 5.74) is 1.09. The number of halogens is 1. The third-order valence-electron chi connectivity index (χ3n) is 5.51. The van der Waals surface area contributed by atoms with Gasteiger partial charge in [-0.2, -0.15) is 4.31 Å². The van der Waals surface area contributed by atoms with E-state index in [0.29, 0.717) is 19.0 Å². The van der Waals surface area contributed by atoms with Gasteiger partial charge >= 0.3 is 0 Å². The number of nitrogens with zero attached hydrogens (tertiary/aromatic N) is 4. The molecule has 4 aliphatic rings. The molecule has 0 radical (unpaired) electrons. The van der Waals surface area contributed by atoms with Crippen LogP contribution >= 0.6 is 0 Å². The van der Waals surface area contributed by atoms with Gasteiger partial charge in [0, 0.05) is 42.9 Å². The third kappa shape index (κ3) is 2.59.